The number of nitrogens with zero attached hydrogens (tertiary/aromatic N) is 26. The summed E-state index contributed by atoms with van der Waals surface area (Å²) in [4.78, 5) is 106. The number of halogens is 1. The van der Waals surface area contributed by atoms with E-state index in [1.807, 2.05) is 120 Å². The minimum absolute atomic E-state index is 0.0149. The van der Waals surface area contributed by atoms with Gasteiger partial charge in [-0.25, -0.2) is 54.8 Å². The number of urea groups is 1. The number of H-pyrrole nitrogens is 15. The molecule has 13 heterocycles. The Hall–Kier alpha value is -18.6. The average molecular weight is 2040 g/mol. The van der Waals surface area contributed by atoms with E-state index in [0.29, 0.717) is 103 Å². The molecule has 0 saturated carbocycles. The summed E-state index contributed by atoms with van der Waals surface area (Å²) in [6.45, 7) is 26.2. The van der Waals surface area contributed by atoms with Crippen molar-refractivity contribution >= 4 is 54.1 Å². The van der Waals surface area contributed by atoms with Crippen molar-refractivity contribution in [2.24, 2.45) is 5.92 Å². The number of nitriles is 13. The van der Waals surface area contributed by atoms with Gasteiger partial charge in [0.25, 0.3) is 23.0 Å². The minimum Gasteiger partial charge on any atom is -0.383 e. The van der Waals surface area contributed by atoms with Crippen LogP contribution in [0.15, 0.2) is 80.7 Å². The fraction of sp³-hybridized carbons (Fsp3) is 0.482. The summed E-state index contributed by atoms with van der Waals surface area (Å²) in [5.41, 5.74) is 2.46. The highest BCUT2D eigenvalue weighted by molar-refractivity contribution is 7.71. The molecule has 59 heteroatoms. The first kappa shape index (κ1) is 125. The lowest BCUT2D eigenvalue weighted by molar-refractivity contribution is -0.191. The lowest BCUT2D eigenvalue weighted by Crippen LogP contribution is -2.35. The summed E-state index contributed by atoms with van der Waals surface area (Å²) in [5, 5.41) is 182. The number of imide groups is 1. The van der Waals surface area contributed by atoms with Crippen LogP contribution < -0.4 is 38.7 Å². The lowest BCUT2D eigenvalue weighted by atomic mass is 9.99. The van der Waals surface area contributed by atoms with E-state index in [1.165, 1.54) is 36.2 Å². The van der Waals surface area contributed by atoms with Crippen molar-refractivity contribution in [2.75, 3.05) is 0 Å². The number of amides is 3. The molecule has 0 aromatic carbocycles. The van der Waals surface area contributed by atoms with Crippen molar-refractivity contribution < 1.29 is 37.1 Å². The van der Waals surface area contributed by atoms with E-state index in [4.69, 9.17) is 107 Å². The standard InChI is InChI=1S/C7H10N4.C7H9N3O2.3C7H8N2O2.C7H8N2OS.C6H7FN4.C6H8N4O.2C6H8N4S.3C6H8N4.CO2/c1-5(3-4-8)7-9-6(2)10-11-7;1-4(2-3-8)5-6(11)10-7(12)9-5;1-5(2-3-8)6-4-9-11-7(6)10;1-5(2-3-8)6-4-7(10)9-11-6;1-5(2-3-8)6-4-7(10)11-9-6;1-5(2-3-8)6-4-7(10)9-11-6;1-4(2-3-8)5-6(7)10-11-9-5;2*1-4(2-3-7)5-8-6(11)10-9-5;1-4(2-3-7)5-6(11)9-10-8-5;1-5(2-3-7)6-8-4-9-10-6;2*1-5(2-3-7)6-4-8-10-9-6;2-1-3/h5H,3H2,1-2H3,(H,9,10,11);4-5H,2H2,1H3,(H2,9,10,11,12);4-5,9H,2H2,1H3;4-5H,2H2,1H3,(H,9,10);4-5,9H,2H2,1H3;4-5H,2H2,1H3,(H,9,10);4H,2H2,1H3,(H,9,10,11);3*4H,2H2,1H3,(H2,8,9,10,11);3*4-5H,2H2,1H3,(H,8,9,10);. The molecule has 17 N–H and O–H groups in total. The molecule has 0 radical (unpaired) electrons. The summed E-state index contributed by atoms with van der Waals surface area (Å²) in [6.07, 6.45) is 11.7. The molecule has 3 amide bonds. The molecule has 14 atom stereocenters. The first-order chi connectivity index (χ1) is 68.8. The highest BCUT2D eigenvalue weighted by Gasteiger charge is 2.33. The molecule has 144 heavy (non-hydrogen) atoms. The fourth-order valence-electron chi connectivity index (χ4n) is 10.3. The van der Waals surface area contributed by atoms with Crippen LogP contribution in [0.2, 0.25) is 0 Å². The largest absolute Gasteiger partial charge is 0.383 e. The highest BCUT2D eigenvalue weighted by atomic mass is 32.1. The first-order valence-corrected chi connectivity index (χ1v) is 44.5. The summed E-state index contributed by atoms with van der Waals surface area (Å²) < 4.78 is 29.9. The quantitative estimate of drug-likeness (QED) is 0.0177. The number of carbonyl (C=O) groups excluding carboxylic acids is 4. The molecule has 13 rings (SSSR count). The van der Waals surface area contributed by atoms with Crippen molar-refractivity contribution in [3.05, 3.63) is 184 Å². The van der Waals surface area contributed by atoms with E-state index in [2.05, 4.69) is 204 Å². The second kappa shape index (κ2) is 73.7. The van der Waals surface area contributed by atoms with Gasteiger partial charge >= 0.3 is 29.1 Å². The Kier molecular flexibility index (Phi) is 64.2. The summed E-state index contributed by atoms with van der Waals surface area (Å²) in [5.74, 6) is 3.83. The molecule has 0 aliphatic carbocycles. The van der Waals surface area contributed by atoms with E-state index in [-0.39, 0.29) is 130 Å². The molecule has 55 nitrogen and oxygen atoms in total. The van der Waals surface area contributed by atoms with Crippen molar-refractivity contribution in [1.29, 1.82) is 68.4 Å². The molecule has 14 unspecified atom stereocenters. The third kappa shape index (κ3) is 51.6. The molecule has 1 fully saturated rings. The van der Waals surface area contributed by atoms with Crippen LogP contribution in [0.3, 0.4) is 0 Å². The maximum atomic E-state index is 12.6. The maximum absolute atomic E-state index is 12.6. The minimum atomic E-state index is -0.618. The molecule has 1 aliphatic heterocycles. The molecule has 0 spiro atoms. The Morgan fingerprint density at radius 2 is 0.958 bits per heavy atom. The van der Waals surface area contributed by atoms with Gasteiger partial charge in [-0.15, -0.1) is 5.10 Å². The zero-order chi connectivity index (χ0) is 108. The highest BCUT2D eigenvalue weighted by Crippen LogP contribution is 2.23. The van der Waals surface area contributed by atoms with Crippen molar-refractivity contribution in [3.63, 3.8) is 0 Å². The zero-order valence-electron chi connectivity index (χ0n) is 80.4. The summed E-state index contributed by atoms with van der Waals surface area (Å²) in [7, 11) is 0. The second-order valence-electron chi connectivity index (χ2n) is 30.6. The Balaban J connectivity index is 0.00000153. The van der Waals surface area contributed by atoms with Crippen LogP contribution in [-0.4, -0.2) is 166 Å². The molecule has 758 valence electrons. The molecule has 0 bridgehead atoms. The zero-order valence-corrected chi connectivity index (χ0v) is 82.9. The van der Waals surface area contributed by atoms with E-state index in [1.54, 1.807) is 32.3 Å². The third-order valence-electron chi connectivity index (χ3n) is 18.7. The number of rotatable bonds is 26. The number of carbonyl (C=O) groups is 2. The molecule has 12 aromatic heterocycles. The molecular formula is C85H106FN43O12S3. The van der Waals surface area contributed by atoms with Gasteiger partial charge in [0.2, 0.25) is 4.77 Å². The van der Waals surface area contributed by atoms with Gasteiger partial charge in [0.05, 0.1) is 114 Å². The molecule has 1 saturated heterocycles. The van der Waals surface area contributed by atoms with Gasteiger partial charge in [0.15, 0.2) is 5.82 Å². The van der Waals surface area contributed by atoms with Crippen LogP contribution in [0.4, 0.5) is 9.18 Å². The Labute approximate surface area is 834 Å². The maximum Gasteiger partial charge on any atom is 0.373 e. The van der Waals surface area contributed by atoms with E-state index >= 15 is 0 Å². The van der Waals surface area contributed by atoms with Crippen molar-refractivity contribution in [1.82, 2.24) is 153 Å². The number of aromatic amines is 15. The smallest absolute Gasteiger partial charge is 0.373 e. The molecule has 12 aromatic rings. The van der Waals surface area contributed by atoms with Gasteiger partial charge in [0.1, 0.15) is 57.5 Å². The Morgan fingerprint density at radius 3 is 1.35 bits per heavy atom. The van der Waals surface area contributed by atoms with Gasteiger partial charge in [0, 0.05) is 184 Å². The van der Waals surface area contributed by atoms with Gasteiger partial charge in [-0.2, -0.15) is 149 Å². The third-order valence-corrected chi connectivity index (χ3v) is 20.2. The van der Waals surface area contributed by atoms with Crippen molar-refractivity contribution in [3.8, 4) is 78.9 Å². The first-order valence-electron chi connectivity index (χ1n) is 42.8. The van der Waals surface area contributed by atoms with Crippen LogP contribution in [-0.2, 0) is 14.4 Å². The van der Waals surface area contributed by atoms with E-state index in [0.717, 1.165) is 45.3 Å². The lowest BCUT2D eigenvalue weighted by Gasteiger charge is -2.11. The topological polar surface area (TPSA) is 931 Å². The Bertz CT molecular complexity index is 6180. The van der Waals surface area contributed by atoms with Gasteiger partial charge in [-0.1, -0.05) is 114 Å². The van der Waals surface area contributed by atoms with Gasteiger partial charge < -0.3 is 18.9 Å². The molecule has 1 aliphatic rings. The van der Waals surface area contributed by atoms with Crippen LogP contribution in [0.5, 0.6) is 0 Å². The number of aryl methyl sites for hydroxylation is 1. The van der Waals surface area contributed by atoms with Crippen LogP contribution in [0.1, 0.15) is 318 Å². The van der Waals surface area contributed by atoms with Crippen LogP contribution >= 0.6 is 36.0 Å². The monoisotopic (exact) mass is 2040 g/mol. The van der Waals surface area contributed by atoms with Crippen LogP contribution in [0.25, 0.3) is 0 Å². The van der Waals surface area contributed by atoms with Crippen molar-refractivity contribution in [2.45, 2.75) is 257 Å². The predicted octanol–water partition coefficient (Wildman–Crippen LogP) is 11.2. The summed E-state index contributed by atoms with van der Waals surface area (Å²) >= 11 is 11.0. The van der Waals surface area contributed by atoms with E-state index < -0.39 is 23.6 Å². The Morgan fingerprint density at radius 1 is 0.458 bits per heavy atom. The number of nitrogens with one attached hydrogen (secondary N) is 17. The normalized spacial score (nSPS) is 13.2. The van der Waals surface area contributed by atoms with Gasteiger partial charge in [-0.05, 0) is 25.1 Å². The second-order valence-corrected chi connectivity index (χ2v) is 32.3. The number of aromatic nitrogens is 28. The number of hydrogen-bond donors (Lipinski definition) is 17. The van der Waals surface area contributed by atoms with Crippen LogP contribution in [0, 0.1) is 176 Å². The van der Waals surface area contributed by atoms with Gasteiger partial charge in [-0.3, -0.25) is 54.6 Å². The number of hydrogen-bond acceptors (Lipinski definition) is 41. The molecular weight excluding hydrogens is 1930 g/mol. The SMILES string of the molecule is CC(CC#N)C1NC(=O)NC1=O.CC(CC#N)c1c[nH]oc1=O.CC(CC#N)c1cc(=O)[nH]o1.CC(CC#N)c1cc(=O)[nH]s1.CC(CC#N)c1cc(=O)o[nH]1.CC(CC#N)c1cn[nH]n1.CC(CC#N)c1cn[nH]n1.CC(CC#N)c1n[nH][nH]c1=S.CC(CC#N)c1n[nH]c(=O)[nH]1.CC(CC#N)c1n[nH]nc1F.CC(CC#N)c1nc(=S)[nH][nH]1.CC(CC#N)c1ncn[nH]1.Cc1nc(C(C)CC#N)n[nH]1.O=C=O. The fourth-order valence-corrected chi connectivity index (χ4v) is 11.4. The summed E-state index contributed by atoms with van der Waals surface area (Å²) in [6, 6.07) is 29.6. The van der Waals surface area contributed by atoms with E-state index in [9.17, 15) is 38.0 Å². The predicted molar refractivity (Wildman–Crippen MR) is 505 cm³/mol. The average Bonchev–Trinajstić information content (AvgIpc) is 1.72.